The maximum atomic E-state index is 13.2. The molecule has 0 aliphatic carbocycles. The summed E-state index contributed by atoms with van der Waals surface area (Å²) in [5, 5.41) is 1.27. The highest BCUT2D eigenvalue weighted by Gasteiger charge is 2.37. The zero-order chi connectivity index (χ0) is 21.8. The number of halogens is 6. The van der Waals surface area contributed by atoms with E-state index in [1.54, 1.807) is 30.3 Å². The van der Waals surface area contributed by atoms with Crippen LogP contribution in [0.4, 0.5) is 31.1 Å². The van der Waals surface area contributed by atoms with Crippen molar-refractivity contribution in [3.63, 3.8) is 0 Å². The van der Waals surface area contributed by atoms with Crippen LogP contribution in [0.5, 0.6) is 0 Å². The van der Waals surface area contributed by atoms with Gasteiger partial charge in [0, 0.05) is 10.8 Å². The van der Waals surface area contributed by atoms with E-state index in [-0.39, 0.29) is 22.7 Å². The number of aromatic nitrogens is 1. The van der Waals surface area contributed by atoms with E-state index in [1.165, 1.54) is 16.7 Å². The van der Waals surface area contributed by atoms with Crippen molar-refractivity contribution in [3.8, 4) is 11.1 Å². The van der Waals surface area contributed by atoms with Gasteiger partial charge in [0.05, 0.1) is 22.2 Å². The lowest BCUT2D eigenvalue weighted by molar-refractivity contribution is -0.143. The summed E-state index contributed by atoms with van der Waals surface area (Å²) in [5.74, 6) is 0. The van der Waals surface area contributed by atoms with E-state index in [4.69, 9.17) is 5.73 Å². The molecule has 0 unspecified atom stereocenters. The summed E-state index contributed by atoms with van der Waals surface area (Å²) < 4.78 is 80.3. The quantitative estimate of drug-likeness (QED) is 0.353. The molecular weight excluding hydrogens is 410 g/mol. The number of rotatable bonds is 1. The molecule has 30 heavy (non-hydrogen) atoms. The van der Waals surface area contributed by atoms with E-state index in [1.807, 2.05) is 0 Å². The van der Waals surface area contributed by atoms with Gasteiger partial charge in [0.1, 0.15) is 0 Å². The molecule has 0 saturated carbocycles. The molecule has 0 aliphatic rings. The molecule has 0 atom stereocenters. The van der Waals surface area contributed by atoms with Gasteiger partial charge in [-0.3, -0.25) is 4.57 Å². The second kappa shape index (κ2) is 6.51. The highest BCUT2D eigenvalue weighted by atomic mass is 19.4. The van der Waals surface area contributed by atoms with Gasteiger partial charge in [0.25, 0.3) is 0 Å². The van der Waals surface area contributed by atoms with Gasteiger partial charge in [-0.2, -0.15) is 26.3 Å². The molecule has 0 radical (unpaired) electrons. The van der Waals surface area contributed by atoms with Gasteiger partial charge >= 0.3 is 18.4 Å². The molecule has 1 heterocycles. The molecule has 1 aromatic heterocycles. The van der Waals surface area contributed by atoms with E-state index in [9.17, 15) is 31.1 Å². The number of alkyl halides is 6. The second-order valence-electron chi connectivity index (χ2n) is 6.72. The zero-order valence-electron chi connectivity index (χ0n) is 15.0. The number of amides is 1. The molecule has 0 bridgehead atoms. The van der Waals surface area contributed by atoms with E-state index >= 15 is 0 Å². The van der Waals surface area contributed by atoms with Gasteiger partial charge in [-0.05, 0) is 41.5 Å². The highest BCUT2D eigenvalue weighted by Crippen LogP contribution is 2.39. The van der Waals surface area contributed by atoms with Crippen LogP contribution in [0.3, 0.4) is 0 Å². The third-order valence-corrected chi connectivity index (χ3v) is 4.82. The van der Waals surface area contributed by atoms with Crippen LogP contribution in [-0.4, -0.2) is 10.6 Å². The first-order valence-electron chi connectivity index (χ1n) is 8.59. The molecule has 0 aliphatic heterocycles. The topological polar surface area (TPSA) is 48.0 Å². The van der Waals surface area contributed by atoms with Crippen LogP contribution in [0.2, 0.25) is 0 Å². The number of para-hydroxylation sites is 1. The lowest BCUT2D eigenvalue weighted by atomic mass is 9.98. The Labute approximate surface area is 165 Å². The molecule has 0 spiro atoms. The minimum atomic E-state index is -4.96. The first-order chi connectivity index (χ1) is 14.0. The summed E-state index contributed by atoms with van der Waals surface area (Å²) >= 11 is 0. The predicted molar refractivity (Wildman–Crippen MR) is 99.9 cm³/mol. The van der Waals surface area contributed by atoms with Crippen LogP contribution in [0.15, 0.2) is 60.7 Å². The Morgan fingerprint density at radius 2 is 1.27 bits per heavy atom. The van der Waals surface area contributed by atoms with Gasteiger partial charge in [-0.25, -0.2) is 4.79 Å². The van der Waals surface area contributed by atoms with Crippen molar-refractivity contribution in [1.29, 1.82) is 0 Å². The first kappa shape index (κ1) is 19.8. The number of benzene rings is 3. The second-order valence-corrected chi connectivity index (χ2v) is 6.72. The summed E-state index contributed by atoms with van der Waals surface area (Å²) in [4.78, 5) is 12.0. The Morgan fingerprint density at radius 1 is 0.700 bits per heavy atom. The molecule has 3 aromatic carbocycles. The standard InChI is InChI=1S/C21H12F6N2O/c22-20(23,24)13-7-12(8-14(10-13)21(25,26)27)11-5-6-16-15-3-1-2-4-17(15)29(19(28)30)18(16)9-11/h1-10H,(H2,28,30). The Hall–Kier alpha value is -3.49. The highest BCUT2D eigenvalue weighted by molar-refractivity contribution is 6.13. The van der Waals surface area contributed by atoms with Crippen molar-refractivity contribution in [2.24, 2.45) is 5.73 Å². The fourth-order valence-electron chi connectivity index (χ4n) is 3.51. The molecule has 0 fully saturated rings. The Morgan fingerprint density at radius 3 is 1.83 bits per heavy atom. The van der Waals surface area contributed by atoms with Crippen molar-refractivity contribution < 1.29 is 31.1 Å². The fourth-order valence-corrected chi connectivity index (χ4v) is 3.51. The Kier molecular flexibility index (Phi) is 4.30. The zero-order valence-corrected chi connectivity index (χ0v) is 15.0. The summed E-state index contributed by atoms with van der Waals surface area (Å²) in [6.07, 6.45) is -9.91. The smallest absolute Gasteiger partial charge is 0.351 e. The largest absolute Gasteiger partial charge is 0.416 e. The average molecular weight is 422 g/mol. The Balaban J connectivity index is 2.01. The molecule has 1 amide bonds. The number of hydrogen-bond acceptors (Lipinski definition) is 1. The number of nitrogens with zero attached hydrogens (tertiary/aromatic N) is 1. The number of hydrogen-bond donors (Lipinski definition) is 1. The third-order valence-electron chi connectivity index (χ3n) is 4.82. The molecule has 3 nitrogen and oxygen atoms in total. The van der Waals surface area contributed by atoms with Crippen LogP contribution < -0.4 is 5.73 Å². The van der Waals surface area contributed by atoms with Crippen molar-refractivity contribution in [1.82, 2.24) is 4.57 Å². The van der Waals surface area contributed by atoms with Gasteiger partial charge in [-0.1, -0.05) is 30.3 Å². The molecule has 9 heteroatoms. The monoisotopic (exact) mass is 422 g/mol. The summed E-state index contributed by atoms with van der Waals surface area (Å²) in [6, 6.07) is 11.7. The van der Waals surface area contributed by atoms with Gasteiger partial charge in [0.15, 0.2) is 0 Å². The van der Waals surface area contributed by atoms with E-state index in [2.05, 4.69) is 0 Å². The molecule has 154 valence electrons. The van der Waals surface area contributed by atoms with Crippen LogP contribution in [-0.2, 0) is 12.4 Å². The number of nitrogens with two attached hydrogens (primary N) is 1. The first-order valence-corrected chi connectivity index (χ1v) is 8.59. The van der Waals surface area contributed by atoms with Crippen LogP contribution in [0.25, 0.3) is 32.9 Å². The van der Waals surface area contributed by atoms with Gasteiger partial charge in [-0.15, -0.1) is 0 Å². The van der Waals surface area contributed by atoms with Crippen molar-refractivity contribution >= 4 is 27.8 Å². The van der Waals surface area contributed by atoms with Crippen LogP contribution in [0, 0.1) is 0 Å². The van der Waals surface area contributed by atoms with Crippen LogP contribution >= 0.6 is 0 Å². The third kappa shape index (κ3) is 3.26. The normalized spacial score (nSPS) is 12.6. The molecular formula is C21H12F6N2O. The van der Waals surface area contributed by atoms with Gasteiger partial charge < -0.3 is 5.73 Å². The summed E-state index contributed by atoms with van der Waals surface area (Å²) in [5.41, 5.74) is 3.22. The molecule has 4 aromatic rings. The molecule has 2 N–H and O–H groups in total. The average Bonchev–Trinajstić information content (AvgIpc) is 3.00. The van der Waals surface area contributed by atoms with E-state index in [0.29, 0.717) is 28.4 Å². The Bertz CT molecular complexity index is 1270. The predicted octanol–water partition coefficient (Wildman–Crippen LogP) is 6.43. The fraction of sp³-hybridized carbons (Fsp3) is 0.0952. The SMILES string of the molecule is NC(=O)n1c2ccccc2c2ccc(-c3cc(C(F)(F)F)cc(C(F)(F)F)c3)cc21. The van der Waals surface area contributed by atoms with Crippen LogP contribution in [0.1, 0.15) is 11.1 Å². The lowest BCUT2D eigenvalue weighted by Gasteiger charge is -2.14. The summed E-state index contributed by atoms with van der Waals surface area (Å²) in [6.45, 7) is 0. The van der Waals surface area contributed by atoms with Gasteiger partial charge in [0.2, 0.25) is 0 Å². The molecule has 0 saturated heterocycles. The number of fused-ring (bicyclic) bond motifs is 3. The maximum absolute atomic E-state index is 13.2. The number of carbonyl (C=O) groups excluding carboxylic acids is 1. The van der Waals surface area contributed by atoms with E-state index < -0.39 is 29.5 Å². The minimum absolute atomic E-state index is 0.0719. The maximum Gasteiger partial charge on any atom is 0.416 e. The van der Waals surface area contributed by atoms with Crippen molar-refractivity contribution in [3.05, 3.63) is 71.8 Å². The molecule has 4 rings (SSSR count). The summed E-state index contributed by atoms with van der Waals surface area (Å²) in [7, 11) is 0. The van der Waals surface area contributed by atoms with Crippen molar-refractivity contribution in [2.75, 3.05) is 0 Å². The van der Waals surface area contributed by atoms with Crippen molar-refractivity contribution in [2.45, 2.75) is 12.4 Å². The lowest BCUT2D eigenvalue weighted by Crippen LogP contribution is -2.18. The minimum Gasteiger partial charge on any atom is -0.351 e. The van der Waals surface area contributed by atoms with E-state index in [0.717, 1.165) is 0 Å². The number of carbonyl (C=O) groups is 1. The number of primary amides is 1.